The smallest absolute Gasteiger partial charge is 0.233 e. The summed E-state index contributed by atoms with van der Waals surface area (Å²) >= 11 is 5.67. The molecule has 0 fully saturated rings. The number of halogens is 1. The Hall–Kier alpha value is -1.89. The molecule has 7 heteroatoms. The normalized spacial score (nSPS) is 12.2. The van der Waals surface area contributed by atoms with E-state index in [-0.39, 0.29) is 6.61 Å². The van der Waals surface area contributed by atoms with Crippen LogP contribution in [0.15, 0.2) is 36.4 Å². The highest BCUT2D eigenvalue weighted by molar-refractivity contribution is 6.29. The Kier molecular flexibility index (Phi) is 7.91. The molecule has 0 saturated heterocycles. The van der Waals surface area contributed by atoms with Gasteiger partial charge < -0.3 is 19.9 Å². The lowest BCUT2D eigenvalue weighted by atomic mass is 10.1. The fourth-order valence-electron chi connectivity index (χ4n) is 2.03. The molecule has 6 nitrogen and oxygen atoms in total. The molecule has 136 valence electrons. The number of ether oxygens (including phenoxy) is 2. The summed E-state index contributed by atoms with van der Waals surface area (Å²) in [6.45, 7) is 5.35. The molecule has 2 aromatic rings. The van der Waals surface area contributed by atoms with E-state index in [0.29, 0.717) is 30.2 Å². The van der Waals surface area contributed by atoms with Crippen LogP contribution in [0.25, 0.3) is 0 Å². The van der Waals surface area contributed by atoms with E-state index in [9.17, 15) is 5.11 Å². The summed E-state index contributed by atoms with van der Waals surface area (Å²) in [5.41, 5.74) is 1.12. The zero-order valence-corrected chi connectivity index (χ0v) is 15.2. The van der Waals surface area contributed by atoms with Gasteiger partial charge in [0.25, 0.3) is 0 Å². The second kappa shape index (κ2) is 10.2. The third kappa shape index (κ3) is 7.69. The number of aromatic nitrogens is 2. The molecule has 2 N–H and O–H groups in total. The van der Waals surface area contributed by atoms with Crippen LogP contribution in [-0.2, 0) is 6.42 Å². The maximum absolute atomic E-state index is 9.83. The summed E-state index contributed by atoms with van der Waals surface area (Å²) < 4.78 is 11.1. The molecule has 1 aromatic carbocycles. The molecule has 25 heavy (non-hydrogen) atoms. The number of benzene rings is 1. The van der Waals surface area contributed by atoms with E-state index in [1.165, 1.54) is 0 Å². The van der Waals surface area contributed by atoms with Gasteiger partial charge in [-0.25, -0.2) is 0 Å². The van der Waals surface area contributed by atoms with Gasteiger partial charge in [0.2, 0.25) is 5.88 Å². The lowest BCUT2D eigenvalue weighted by Gasteiger charge is -2.15. The van der Waals surface area contributed by atoms with E-state index in [4.69, 9.17) is 21.1 Å². The predicted octanol–water partition coefficient (Wildman–Crippen LogP) is 2.49. The van der Waals surface area contributed by atoms with Gasteiger partial charge in [-0.05, 0) is 23.8 Å². The van der Waals surface area contributed by atoms with Crippen molar-refractivity contribution in [3.8, 4) is 11.6 Å². The number of rotatable bonds is 10. The van der Waals surface area contributed by atoms with E-state index >= 15 is 0 Å². The zero-order valence-electron chi connectivity index (χ0n) is 14.5. The number of nitrogens with zero attached hydrogens (tertiary/aromatic N) is 2. The highest BCUT2D eigenvalue weighted by Gasteiger charge is 2.06. The molecule has 0 bridgehead atoms. The van der Waals surface area contributed by atoms with Crippen molar-refractivity contribution in [2.45, 2.75) is 32.4 Å². The number of nitrogens with one attached hydrogen (secondary N) is 1. The summed E-state index contributed by atoms with van der Waals surface area (Å²) in [6.07, 6.45) is 0.210. The van der Waals surface area contributed by atoms with Crippen molar-refractivity contribution in [2.24, 2.45) is 0 Å². The minimum atomic E-state index is -0.532. The van der Waals surface area contributed by atoms with Crippen molar-refractivity contribution < 1.29 is 14.6 Å². The third-order valence-electron chi connectivity index (χ3n) is 3.38. The third-order valence-corrected chi connectivity index (χ3v) is 3.58. The fraction of sp³-hybridized carbons (Fsp3) is 0.444. The van der Waals surface area contributed by atoms with Crippen LogP contribution in [0.3, 0.4) is 0 Å². The van der Waals surface area contributed by atoms with Gasteiger partial charge in [-0.3, -0.25) is 0 Å². The molecule has 1 aromatic heterocycles. The van der Waals surface area contributed by atoms with Crippen molar-refractivity contribution in [1.29, 1.82) is 0 Å². The lowest BCUT2D eigenvalue weighted by molar-refractivity contribution is 0.104. The van der Waals surface area contributed by atoms with Gasteiger partial charge >= 0.3 is 0 Å². The van der Waals surface area contributed by atoms with Crippen molar-refractivity contribution in [1.82, 2.24) is 15.5 Å². The minimum absolute atomic E-state index is 0.261. The zero-order chi connectivity index (χ0) is 18.1. The molecule has 1 unspecified atom stereocenters. The predicted molar refractivity (Wildman–Crippen MR) is 97.3 cm³/mol. The van der Waals surface area contributed by atoms with Gasteiger partial charge in [0.05, 0.1) is 6.61 Å². The number of aliphatic hydroxyl groups excluding tert-OH is 1. The topological polar surface area (TPSA) is 76.5 Å². The molecular weight excluding hydrogens is 342 g/mol. The van der Waals surface area contributed by atoms with Crippen LogP contribution in [-0.4, -0.2) is 47.2 Å². The van der Waals surface area contributed by atoms with Gasteiger partial charge in [-0.15, -0.1) is 10.2 Å². The van der Waals surface area contributed by atoms with Crippen LogP contribution < -0.4 is 14.8 Å². The van der Waals surface area contributed by atoms with E-state index in [1.54, 1.807) is 12.1 Å². The number of hydrogen-bond acceptors (Lipinski definition) is 6. The SMILES string of the molecule is CC(C)NCC(O)COc1ccc(CCOc2ccc(Cl)nn2)cc1. The van der Waals surface area contributed by atoms with E-state index in [2.05, 4.69) is 15.5 Å². The lowest BCUT2D eigenvalue weighted by Crippen LogP contribution is -2.35. The molecule has 1 heterocycles. The Morgan fingerprint density at radius 2 is 1.84 bits per heavy atom. The van der Waals surface area contributed by atoms with Gasteiger partial charge in [-0.2, -0.15) is 0 Å². The van der Waals surface area contributed by atoms with Crippen molar-refractivity contribution >= 4 is 11.6 Å². The summed E-state index contributed by atoms with van der Waals surface area (Å²) in [5, 5.41) is 20.9. The molecule has 2 rings (SSSR count). The fourth-order valence-corrected chi connectivity index (χ4v) is 2.13. The van der Waals surface area contributed by atoms with Crippen LogP contribution in [0.2, 0.25) is 5.15 Å². The first-order valence-corrected chi connectivity index (χ1v) is 8.66. The summed E-state index contributed by atoms with van der Waals surface area (Å²) in [5.74, 6) is 1.19. The average molecular weight is 366 g/mol. The van der Waals surface area contributed by atoms with Gasteiger partial charge in [0.1, 0.15) is 18.5 Å². The van der Waals surface area contributed by atoms with Crippen LogP contribution in [0.1, 0.15) is 19.4 Å². The highest BCUT2D eigenvalue weighted by Crippen LogP contribution is 2.14. The van der Waals surface area contributed by atoms with Crippen LogP contribution in [0, 0.1) is 0 Å². The molecule has 0 aliphatic heterocycles. The van der Waals surface area contributed by atoms with E-state index in [0.717, 1.165) is 17.7 Å². The Bertz CT molecular complexity index is 620. The van der Waals surface area contributed by atoms with Crippen molar-refractivity contribution in [3.05, 3.63) is 47.1 Å². The molecule has 0 aliphatic carbocycles. The van der Waals surface area contributed by atoms with Crippen LogP contribution >= 0.6 is 11.6 Å². The first kappa shape index (κ1) is 19.4. The summed E-state index contributed by atoms with van der Waals surface area (Å²) in [7, 11) is 0. The molecule has 0 amide bonds. The second-order valence-electron chi connectivity index (χ2n) is 5.96. The van der Waals surface area contributed by atoms with Crippen LogP contribution in [0.4, 0.5) is 0 Å². The van der Waals surface area contributed by atoms with Gasteiger partial charge in [0, 0.05) is 25.1 Å². The van der Waals surface area contributed by atoms with E-state index < -0.39 is 6.10 Å². The number of aliphatic hydroxyl groups is 1. The van der Waals surface area contributed by atoms with Gasteiger partial charge in [-0.1, -0.05) is 37.6 Å². The first-order chi connectivity index (χ1) is 12.0. The maximum atomic E-state index is 9.83. The van der Waals surface area contributed by atoms with Crippen molar-refractivity contribution in [2.75, 3.05) is 19.8 Å². The second-order valence-corrected chi connectivity index (χ2v) is 6.35. The first-order valence-electron chi connectivity index (χ1n) is 8.28. The van der Waals surface area contributed by atoms with E-state index in [1.807, 2.05) is 38.1 Å². The average Bonchev–Trinajstić information content (AvgIpc) is 2.61. The minimum Gasteiger partial charge on any atom is -0.491 e. The Morgan fingerprint density at radius 3 is 2.48 bits per heavy atom. The quantitative estimate of drug-likeness (QED) is 0.673. The molecular formula is C18H24ClN3O3. The monoisotopic (exact) mass is 365 g/mol. The van der Waals surface area contributed by atoms with Gasteiger partial charge in [0.15, 0.2) is 5.15 Å². The summed E-state index contributed by atoms with van der Waals surface area (Å²) in [6, 6.07) is 11.4. The Balaban J connectivity index is 1.69. The molecule has 0 radical (unpaired) electrons. The largest absolute Gasteiger partial charge is 0.491 e. The Labute approximate surface area is 153 Å². The van der Waals surface area contributed by atoms with Crippen molar-refractivity contribution in [3.63, 3.8) is 0 Å². The maximum Gasteiger partial charge on any atom is 0.233 e. The summed E-state index contributed by atoms with van der Waals surface area (Å²) in [4.78, 5) is 0. The molecule has 0 spiro atoms. The molecule has 1 atom stereocenters. The molecule has 0 aliphatic rings. The van der Waals surface area contributed by atoms with Crippen LogP contribution in [0.5, 0.6) is 11.6 Å². The standard InChI is InChI=1S/C18H24ClN3O3/c1-13(2)20-11-15(23)12-25-16-5-3-14(4-6-16)9-10-24-18-8-7-17(19)21-22-18/h3-8,13,15,20,23H,9-12H2,1-2H3. The number of hydrogen-bond donors (Lipinski definition) is 2. The molecule has 0 saturated carbocycles. The highest BCUT2D eigenvalue weighted by atomic mass is 35.5. The Morgan fingerprint density at radius 1 is 1.08 bits per heavy atom.